The molecule has 1 nitrogen and oxygen atoms in total. The van der Waals surface area contributed by atoms with E-state index < -0.39 is 5.92 Å². The summed E-state index contributed by atoms with van der Waals surface area (Å²) in [5, 5.41) is 0. The number of rotatable bonds is 0. The lowest BCUT2D eigenvalue weighted by atomic mass is 16.0. The van der Waals surface area contributed by atoms with E-state index in [4.69, 9.17) is 0 Å². The van der Waals surface area contributed by atoms with Gasteiger partial charge in [0, 0.05) is 42.7 Å². The van der Waals surface area contributed by atoms with Crippen LogP contribution >= 0.6 is 42.7 Å². The molecule has 0 rings (SSSR count). The van der Waals surface area contributed by atoms with Gasteiger partial charge in [0.05, 0.1) is 0 Å². The van der Waals surface area contributed by atoms with E-state index in [1.807, 2.05) is 0 Å². The molecule has 0 heterocycles. The Morgan fingerprint density at radius 3 is 1.00 bits per heavy atom. The largest absolute Gasteiger partial charge is 0.223 e. The van der Waals surface area contributed by atoms with Crippen LogP contribution in [0.15, 0.2) is 0 Å². The van der Waals surface area contributed by atoms with Crippen LogP contribution in [-0.4, -0.2) is 4.21 Å². The highest BCUT2D eigenvalue weighted by molar-refractivity contribution is 8.79. The molecule has 0 fully saturated rings. The fraction of sp³-hybridized carbons (Fsp3) is 0. The Labute approximate surface area is 52.9 Å². The van der Waals surface area contributed by atoms with E-state index >= 15 is 0 Å². The zero-order valence-electron chi connectivity index (χ0n) is 2.33. The van der Waals surface area contributed by atoms with Crippen molar-refractivity contribution in [3.63, 3.8) is 0 Å². The highest BCUT2D eigenvalue weighted by Gasteiger charge is 2.21. The minimum absolute atomic E-state index is 4.21. The zero-order chi connectivity index (χ0) is 5.45. The van der Waals surface area contributed by atoms with Crippen molar-refractivity contribution in [2.45, 2.75) is 0 Å². The van der Waals surface area contributed by atoms with Crippen LogP contribution in [0, 0.1) is 0 Å². The molecule has 0 aromatic rings. The van der Waals surface area contributed by atoms with Gasteiger partial charge in [0.2, 0.25) is 0 Å². The lowest BCUT2D eigenvalue weighted by molar-refractivity contribution is 0.693. The normalized spacial score (nSPS) is 19.0. The lowest BCUT2D eigenvalue weighted by Crippen LogP contribution is -1.88. The second-order valence-corrected chi connectivity index (χ2v) is 11.7. The molecule has 0 aliphatic heterocycles. The van der Waals surface area contributed by atoms with Crippen molar-refractivity contribution in [3.8, 4) is 0 Å². The molecule has 0 amide bonds. The summed E-state index contributed by atoms with van der Waals surface area (Å²) in [6.45, 7) is 0. The summed E-state index contributed by atoms with van der Waals surface area (Å²) in [6.07, 6.45) is 0. The van der Waals surface area contributed by atoms with Gasteiger partial charge in [-0.05, 0) is 0 Å². The van der Waals surface area contributed by atoms with Gasteiger partial charge in [-0.3, -0.25) is 0 Å². The van der Waals surface area contributed by atoms with Crippen molar-refractivity contribution < 1.29 is 4.21 Å². The standard InChI is InChI=1S/Cl4OS/c1-6(2,3,4)5. The lowest BCUT2D eigenvalue weighted by Gasteiger charge is -2.04. The predicted molar refractivity (Wildman–Crippen MR) is 31.6 cm³/mol. The Hall–Kier alpha value is 1.31. The van der Waals surface area contributed by atoms with Gasteiger partial charge in [-0.15, -0.1) is 0 Å². The van der Waals surface area contributed by atoms with Gasteiger partial charge in [-0.2, -0.15) is 0 Å². The first-order valence-electron chi connectivity index (χ1n) is 0.784. The third-order valence-corrected chi connectivity index (χ3v) is 0. The highest BCUT2D eigenvalue weighted by atomic mass is 36.4. The second-order valence-electron chi connectivity index (χ2n) is 0.602. The van der Waals surface area contributed by atoms with Crippen LogP contribution in [0.3, 0.4) is 0 Å². The second kappa shape index (κ2) is 1.39. The van der Waals surface area contributed by atoms with Crippen LogP contribution < -0.4 is 0 Å². The molecular formula is Cl4OS. The van der Waals surface area contributed by atoms with Crippen molar-refractivity contribution in [2.75, 3.05) is 0 Å². The molecule has 6 heteroatoms. The number of hydrogen-bond acceptors (Lipinski definition) is 1. The summed E-state index contributed by atoms with van der Waals surface area (Å²) in [4.78, 5) is 0. The van der Waals surface area contributed by atoms with E-state index in [2.05, 4.69) is 42.7 Å². The molecule has 0 radical (unpaired) electrons. The van der Waals surface area contributed by atoms with Crippen LogP contribution in [-0.2, 0) is 5.92 Å². The third-order valence-electron chi connectivity index (χ3n) is 0. The average molecular weight is 190 g/mol. The SMILES string of the molecule is O=S(Cl)(Cl)(Cl)Cl. The Morgan fingerprint density at radius 1 is 1.00 bits per heavy atom. The molecule has 0 aromatic carbocycles. The summed E-state index contributed by atoms with van der Waals surface area (Å²) in [7, 11) is 18.5. The first-order chi connectivity index (χ1) is 2.24. The summed E-state index contributed by atoms with van der Waals surface area (Å²) in [5.74, 6) is -4.21. The van der Waals surface area contributed by atoms with E-state index in [1.54, 1.807) is 0 Å². The van der Waals surface area contributed by atoms with Crippen LogP contribution in [0.2, 0.25) is 0 Å². The highest BCUT2D eigenvalue weighted by Crippen LogP contribution is 2.45. The van der Waals surface area contributed by atoms with E-state index in [1.165, 1.54) is 0 Å². The fourth-order valence-corrected chi connectivity index (χ4v) is 0. The van der Waals surface area contributed by atoms with E-state index in [0.717, 1.165) is 0 Å². The van der Waals surface area contributed by atoms with Gasteiger partial charge < -0.3 is 0 Å². The van der Waals surface area contributed by atoms with Crippen molar-refractivity contribution in [3.05, 3.63) is 0 Å². The van der Waals surface area contributed by atoms with Crippen molar-refractivity contribution in [1.29, 1.82) is 0 Å². The fourth-order valence-electron chi connectivity index (χ4n) is 0. The molecule has 0 atom stereocenters. The Kier molecular flexibility index (Phi) is 1.69. The smallest absolute Gasteiger partial charge is 0.185 e. The molecule has 0 aliphatic rings. The van der Waals surface area contributed by atoms with Crippen LogP contribution in [0.5, 0.6) is 0 Å². The third kappa shape index (κ3) is 57.5. The molecule has 0 bridgehead atoms. The van der Waals surface area contributed by atoms with E-state index in [0.29, 0.717) is 0 Å². The van der Waals surface area contributed by atoms with Crippen molar-refractivity contribution in [2.24, 2.45) is 0 Å². The summed E-state index contributed by atoms with van der Waals surface area (Å²) in [5.41, 5.74) is 0. The minimum Gasteiger partial charge on any atom is -0.223 e. The summed E-state index contributed by atoms with van der Waals surface area (Å²) in [6, 6.07) is 0. The molecule has 0 saturated carbocycles. The summed E-state index contributed by atoms with van der Waals surface area (Å²) < 4.78 is 9.85. The maximum Gasteiger partial charge on any atom is 0.185 e. The molecule has 0 unspecified atom stereocenters. The zero-order valence-corrected chi connectivity index (χ0v) is 6.17. The molecule has 40 valence electrons. The van der Waals surface area contributed by atoms with Gasteiger partial charge in [0.1, 0.15) is 0 Å². The minimum atomic E-state index is -4.21. The average Bonchev–Trinajstić information content (AvgIpc) is 0.650. The van der Waals surface area contributed by atoms with Gasteiger partial charge in [-0.1, -0.05) is 0 Å². The Balaban J connectivity index is 4.16. The molecule has 0 aromatic heterocycles. The van der Waals surface area contributed by atoms with Crippen molar-refractivity contribution >= 4 is 48.6 Å². The molecule has 0 saturated heterocycles. The number of hydrogen-bond donors (Lipinski definition) is 0. The first-order valence-corrected chi connectivity index (χ1v) is 6.05. The van der Waals surface area contributed by atoms with Crippen LogP contribution in [0.4, 0.5) is 0 Å². The topological polar surface area (TPSA) is 17.1 Å². The van der Waals surface area contributed by atoms with E-state index in [9.17, 15) is 4.21 Å². The van der Waals surface area contributed by atoms with Gasteiger partial charge >= 0.3 is 0 Å². The molecule has 0 N–H and O–H groups in total. The first kappa shape index (κ1) is 7.31. The Morgan fingerprint density at radius 2 is 1.00 bits per heavy atom. The predicted octanol–water partition coefficient (Wildman–Crippen LogP) is 2.42. The maximum atomic E-state index is 9.85. The molecule has 6 heavy (non-hydrogen) atoms. The van der Waals surface area contributed by atoms with Crippen LogP contribution in [0.25, 0.3) is 0 Å². The van der Waals surface area contributed by atoms with Crippen LogP contribution in [0.1, 0.15) is 0 Å². The van der Waals surface area contributed by atoms with Crippen molar-refractivity contribution in [1.82, 2.24) is 0 Å². The van der Waals surface area contributed by atoms with Gasteiger partial charge in [0.25, 0.3) is 0 Å². The molecule has 0 aliphatic carbocycles. The Bertz CT molecular complexity index is 85.2. The number of halogens is 4. The van der Waals surface area contributed by atoms with E-state index in [-0.39, 0.29) is 0 Å². The quantitative estimate of drug-likeness (QED) is 0.536. The molecule has 0 spiro atoms. The molecular weight excluding hydrogens is 190 g/mol. The van der Waals surface area contributed by atoms with Gasteiger partial charge in [-0.25, -0.2) is 4.21 Å². The maximum absolute atomic E-state index is 9.85. The summed E-state index contributed by atoms with van der Waals surface area (Å²) >= 11 is 0. The monoisotopic (exact) mass is 188 g/mol. The van der Waals surface area contributed by atoms with Gasteiger partial charge in [0.15, 0.2) is 5.92 Å².